The van der Waals surface area contributed by atoms with Gasteiger partial charge in [-0.05, 0) is 44.6 Å². The molecule has 0 spiro atoms. The normalized spacial score (nSPS) is 20.0. The summed E-state index contributed by atoms with van der Waals surface area (Å²) < 4.78 is 1.76. The van der Waals surface area contributed by atoms with E-state index in [1.54, 1.807) is 4.68 Å². The van der Waals surface area contributed by atoms with Crippen LogP contribution in [-0.2, 0) is 7.05 Å². The second-order valence-corrected chi connectivity index (χ2v) is 7.76. The van der Waals surface area contributed by atoms with Crippen molar-refractivity contribution in [1.29, 1.82) is 0 Å². The summed E-state index contributed by atoms with van der Waals surface area (Å²) in [7, 11) is 1.88. The number of aromatic nitrogens is 3. The van der Waals surface area contributed by atoms with E-state index < -0.39 is 0 Å². The summed E-state index contributed by atoms with van der Waals surface area (Å²) >= 11 is 0. The van der Waals surface area contributed by atoms with Crippen LogP contribution >= 0.6 is 0 Å². The lowest BCUT2D eigenvalue weighted by molar-refractivity contribution is 0.0924. The average Bonchev–Trinajstić information content (AvgIpc) is 2.97. The molecule has 4 rings (SSSR count). The highest BCUT2D eigenvalue weighted by Gasteiger charge is 2.23. The minimum Gasteiger partial charge on any atom is -0.349 e. The van der Waals surface area contributed by atoms with Gasteiger partial charge in [0.25, 0.3) is 5.91 Å². The molecule has 0 atom stereocenters. The highest BCUT2D eigenvalue weighted by Crippen LogP contribution is 2.28. The fourth-order valence-corrected chi connectivity index (χ4v) is 4.05. The Kier molecular flexibility index (Phi) is 4.68. The Hall–Kier alpha value is -2.69. The molecular weight excluding hydrogens is 336 g/mol. The maximum atomic E-state index is 13.2. The Morgan fingerprint density at radius 2 is 1.85 bits per heavy atom. The SMILES string of the molecule is Cc1nn(C)c2nc(-c3ccccc3)cc(C(=O)NC3CCC(C)CC3)c12. The number of pyridine rings is 1. The molecule has 0 aliphatic heterocycles. The molecule has 140 valence electrons. The summed E-state index contributed by atoms with van der Waals surface area (Å²) in [6.07, 6.45) is 4.47. The van der Waals surface area contributed by atoms with Gasteiger partial charge in [-0.1, -0.05) is 37.3 Å². The van der Waals surface area contributed by atoms with Crippen molar-refractivity contribution in [2.24, 2.45) is 13.0 Å². The van der Waals surface area contributed by atoms with Crippen molar-refractivity contribution in [1.82, 2.24) is 20.1 Å². The number of rotatable bonds is 3. The van der Waals surface area contributed by atoms with E-state index in [1.807, 2.05) is 50.4 Å². The topological polar surface area (TPSA) is 59.8 Å². The van der Waals surface area contributed by atoms with Gasteiger partial charge in [-0.25, -0.2) is 4.98 Å². The smallest absolute Gasteiger partial charge is 0.252 e. The van der Waals surface area contributed by atoms with E-state index in [9.17, 15) is 4.79 Å². The van der Waals surface area contributed by atoms with E-state index in [1.165, 1.54) is 12.8 Å². The number of amides is 1. The fourth-order valence-electron chi connectivity index (χ4n) is 4.05. The molecule has 2 heterocycles. The van der Waals surface area contributed by atoms with Crippen molar-refractivity contribution >= 4 is 16.9 Å². The predicted octanol–water partition coefficient (Wildman–Crippen LogP) is 4.25. The molecule has 2 aromatic heterocycles. The van der Waals surface area contributed by atoms with Gasteiger partial charge in [0.2, 0.25) is 0 Å². The van der Waals surface area contributed by atoms with Gasteiger partial charge in [0.15, 0.2) is 5.65 Å². The number of benzene rings is 1. The van der Waals surface area contributed by atoms with Crippen molar-refractivity contribution < 1.29 is 4.79 Å². The standard InChI is InChI=1S/C22H26N4O/c1-14-9-11-17(12-10-14)23-22(27)18-13-19(16-7-5-4-6-8-16)24-21-20(18)15(2)25-26(21)3/h4-8,13-14,17H,9-12H2,1-3H3,(H,23,27). The minimum atomic E-state index is -0.0183. The zero-order chi connectivity index (χ0) is 19.0. The third-order valence-electron chi connectivity index (χ3n) is 5.63. The molecule has 1 N–H and O–H groups in total. The van der Waals surface area contributed by atoms with Crippen molar-refractivity contribution in [2.75, 3.05) is 0 Å². The van der Waals surface area contributed by atoms with Gasteiger partial charge in [0.05, 0.1) is 22.3 Å². The number of aryl methyl sites for hydroxylation is 2. The van der Waals surface area contributed by atoms with Gasteiger partial charge in [-0.2, -0.15) is 5.10 Å². The lowest BCUT2D eigenvalue weighted by Crippen LogP contribution is -2.37. The number of carbonyl (C=O) groups is 1. The molecule has 1 aliphatic rings. The Labute approximate surface area is 159 Å². The maximum Gasteiger partial charge on any atom is 0.252 e. The largest absolute Gasteiger partial charge is 0.349 e. The minimum absolute atomic E-state index is 0.0183. The van der Waals surface area contributed by atoms with Crippen molar-refractivity contribution in [2.45, 2.75) is 45.6 Å². The highest BCUT2D eigenvalue weighted by atomic mass is 16.1. The zero-order valence-electron chi connectivity index (χ0n) is 16.2. The molecule has 1 amide bonds. The van der Waals surface area contributed by atoms with Gasteiger partial charge in [-0.3, -0.25) is 9.48 Å². The van der Waals surface area contributed by atoms with Crippen molar-refractivity contribution in [3.05, 3.63) is 47.7 Å². The van der Waals surface area contributed by atoms with Crippen LogP contribution in [-0.4, -0.2) is 26.7 Å². The van der Waals surface area contributed by atoms with Crippen LogP contribution in [0.4, 0.5) is 0 Å². The second-order valence-electron chi connectivity index (χ2n) is 7.76. The van der Waals surface area contributed by atoms with Crippen LogP contribution < -0.4 is 5.32 Å². The second kappa shape index (κ2) is 7.14. The number of nitrogens with zero attached hydrogens (tertiary/aromatic N) is 3. The van der Waals surface area contributed by atoms with Crippen LogP contribution in [0.15, 0.2) is 36.4 Å². The van der Waals surface area contributed by atoms with E-state index in [0.717, 1.165) is 46.7 Å². The Morgan fingerprint density at radius 3 is 2.56 bits per heavy atom. The molecule has 27 heavy (non-hydrogen) atoms. The molecule has 5 heteroatoms. The molecule has 3 aromatic rings. The first-order valence-electron chi connectivity index (χ1n) is 9.73. The number of fused-ring (bicyclic) bond motifs is 1. The van der Waals surface area contributed by atoms with Crippen LogP contribution in [0.2, 0.25) is 0 Å². The Bertz CT molecular complexity index is 969. The first-order valence-corrected chi connectivity index (χ1v) is 9.73. The van der Waals surface area contributed by atoms with E-state index >= 15 is 0 Å². The Morgan fingerprint density at radius 1 is 1.15 bits per heavy atom. The Balaban J connectivity index is 1.75. The summed E-state index contributed by atoms with van der Waals surface area (Å²) in [5.41, 5.74) is 4.05. The number of carbonyl (C=O) groups excluding carboxylic acids is 1. The lowest BCUT2D eigenvalue weighted by atomic mass is 9.87. The molecule has 0 bridgehead atoms. The molecule has 1 aliphatic carbocycles. The third kappa shape index (κ3) is 3.46. The summed E-state index contributed by atoms with van der Waals surface area (Å²) in [5.74, 6) is 0.742. The molecule has 1 saturated carbocycles. The molecule has 1 aromatic carbocycles. The average molecular weight is 362 g/mol. The van der Waals surface area contributed by atoms with Crippen LogP contribution in [0.5, 0.6) is 0 Å². The van der Waals surface area contributed by atoms with Crippen molar-refractivity contribution in [3.8, 4) is 11.3 Å². The van der Waals surface area contributed by atoms with Crippen LogP contribution in [0.3, 0.4) is 0 Å². The first-order chi connectivity index (χ1) is 13.0. The third-order valence-corrected chi connectivity index (χ3v) is 5.63. The fraction of sp³-hybridized carbons (Fsp3) is 0.409. The van der Waals surface area contributed by atoms with E-state index in [4.69, 9.17) is 4.98 Å². The van der Waals surface area contributed by atoms with Crippen LogP contribution in [0.1, 0.15) is 48.7 Å². The molecule has 5 nitrogen and oxygen atoms in total. The predicted molar refractivity (Wildman–Crippen MR) is 108 cm³/mol. The van der Waals surface area contributed by atoms with Crippen LogP contribution in [0.25, 0.3) is 22.3 Å². The summed E-state index contributed by atoms with van der Waals surface area (Å²) in [6, 6.07) is 12.1. The highest BCUT2D eigenvalue weighted by molar-refractivity contribution is 6.07. The molecule has 0 unspecified atom stereocenters. The quantitative estimate of drug-likeness (QED) is 0.758. The lowest BCUT2D eigenvalue weighted by Gasteiger charge is -2.27. The number of hydrogen-bond donors (Lipinski definition) is 1. The van der Waals surface area contributed by atoms with Gasteiger partial charge >= 0.3 is 0 Å². The molecule has 0 radical (unpaired) electrons. The maximum absolute atomic E-state index is 13.2. The summed E-state index contributed by atoms with van der Waals surface area (Å²) in [5, 5.41) is 8.60. The monoisotopic (exact) mass is 362 g/mol. The number of nitrogens with one attached hydrogen (secondary N) is 1. The summed E-state index contributed by atoms with van der Waals surface area (Å²) in [6.45, 7) is 4.22. The molecule has 1 fully saturated rings. The van der Waals surface area contributed by atoms with Gasteiger partial charge in [-0.15, -0.1) is 0 Å². The van der Waals surface area contributed by atoms with Gasteiger partial charge in [0.1, 0.15) is 0 Å². The molecule has 0 saturated heterocycles. The van der Waals surface area contributed by atoms with Crippen LogP contribution in [0, 0.1) is 12.8 Å². The number of hydrogen-bond acceptors (Lipinski definition) is 3. The molecular formula is C22H26N4O. The van der Waals surface area contributed by atoms with Crippen molar-refractivity contribution in [3.63, 3.8) is 0 Å². The summed E-state index contributed by atoms with van der Waals surface area (Å²) in [4.78, 5) is 18.0. The van der Waals surface area contributed by atoms with Gasteiger partial charge in [0, 0.05) is 18.7 Å². The van der Waals surface area contributed by atoms with E-state index in [0.29, 0.717) is 5.56 Å². The van der Waals surface area contributed by atoms with E-state index in [2.05, 4.69) is 17.3 Å². The van der Waals surface area contributed by atoms with Gasteiger partial charge < -0.3 is 5.32 Å². The first kappa shape index (κ1) is 17.7. The van der Waals surface area contributed by atoms with E-state index in [-0.39, 0.29) is 11.9 Å². The zero-order valence-corrected chi connectivity index (χ0v) is 16.2.